The van der Waals surface area contributed by atoms with Gasteiger partial charge < -0.3 is 19.5 Å². The monoisotopic (exact) mass is 357 g/mol. The van der Waals surface area contributed by atoms with Gasteiger partial charge in [-0.05, 0) is 48.2 Å². The molecule has 140 valence electrons. The lowest BCUT2D eigenvalue weighted by molar-refractivity contribution is -0.121. The van der Waals surface area contributed by atoms with E-state index in [9.17, 15) is 4.79 Å². The number of hydrogen-bond donors (Lipinski definition) is 1. The summed E-state index contributed by atoms with van der Waals surface area (Å²) >= 11 is 0. The van der Waals surface area contributed by atoms with Crippen molar-refractivity contribution in [2.75, 3.05) is 21.3 Å². The maximum atomic E-state index is 12.5. The second kappa shape index (κ2) is 9.13. The summed E-state index contributed by atoms with van der Waals surface area (Å²) in [5.74, 6) is 2.09. The van der Waals surface area contributed by atoms with E-state index in [0.717, 1.165) is 28.9 Å². The molecule has 0 unspecified atom stereocenters. The second-order valence-corrected chi connectivity index (χ2v) is 6.12. The van der Waals surface area contributed by atoms with Crippen LogP contribution in [0.5, 0.6) is 17.2 Å². The van der Waals surface area contributed by atoms with Gasteiger partial charge in [0.2, 0.25) is 5.91 Å². The Morgan fingerprint density at radius 2 is 1.62 bits per heavy atom. The number of carbonyl (C=O) groups is 1. The van der Waals surface area contributed by atoms with E-state index in [1.165, 1.54) is 0 Å². The summed E-state index contributed by atoms with van der Waals surface area (Å²) < 4.78 is 15.8. The summed E-state index contributed by atoms with van der Waals surface area (Å²) in [6.07, 6.45) is 1.09. The molecule has 0 saturated carbocycles. The molecule has 0 spiro atoms. The highest BCUT2D eigenvalue weighted by molar-refractivity contribution is 5.79. The van der Waals surface area contributed by atoms with Crippen LogP contribution >= 0.6 is 0 Å². The molecule has 0 aliphatic carbocycles. The third-order valence-electron chi connectivity index (χ3n) is 4.38. The molecule has 1 N–H and O–H groups in total. The average molecular weight is 357 g/mol. The van der Waals surface area contributed by atoms with Gasteiger partial charge in [0.05, 0.1) is 33.8 Å². The second-order valence-electron chi connectivity index (χ2n) is 6.12. The predicted molar refractivity (Wildman–Crippen MR) is 102 cm³/mol. The van der Waals surface area contributed by atoms with Crippen LogP contribution in [0.25, 0.3) is 0 Å². The van der Waals surface area contributed by atoms with E-state index in [1.54, 1.807) is 21.3 Å². The number of carbonyl (C=O) groups excluding carboxylic acids is 1. The normalized spacial score (nSPS) is 11.6. The summed E-state index contributed by atoms with van der Waals surface area (Å²) in [6, 6.07) is 11.5. The fourth-order valence-electron chi connectivity index (χ4n) is 2.96. The Morgan fingerprint density at radius 3 is 2.19 bits per heavy atom. The Balaban J connectivity index is 2.08. The number of amides is 1. The van der Waals surface area contributed by atoms with Crippen molar-refractivity contribution in [3.8, 4) is 17.2 Å². The van der Waals surface area contributed by atoms with Crippen LogP contribution in [-0.2, 0) is 11.2 Å². The topological polar surface area (TPSA) is 56.8 Å². The van der Waals surface area contributed by atoms with Gasteiger partial charge in [0.25, 0.3) is 0 Å². The zero-order valence-corrected chi connectivity index (χ0v) is 16.1. The van der Waals surface area contributed by atoms with Crippen molar-refractivity contribution in [1.29, 1.82) is 0 Å². The molecular weight excluding hydrogens is 330 g/mol. The van der Waals surface area contributed by atoms with Crippen LogP contribution in [0, 0.1) is 6.92 Å². The summed E-state index contributed by atoms with van der Waals surface area (Å²) in [5.41, 5.74) is 3.00. The van der Waals surface area contributed by atoms with Crippen LogP contribution in [0.4, 0.5) is 0 Å². The lowest BCUT2D eigenvalue weighted by atomic mass is 10.0. The first-order valence-corrected chi connectivity index (χ1v) is 8.67. The minimum absolute atomic E-state index is 0.0301. The molecule has 2 rings (SSSR count). The van der Waals surface area contributed by atoms with Crippen molar-refractivity contribution in [2.45, 2.75) is 32.7 Å². The molecule has 2 aromatic carbocycles. The van der Waals surface area contributed by atoms with E-state index in [2.05, 4.69) is 18.3 Å². The highest BCUT2D eigenvalue weighted by atomic mass is 16.5. The Labute approximate surface area is 155 Å². The third kappa shape index (κ3) is 4.69. The van der Waals surface area contributed by atoms with Crippen molar-refractivity contribution >= 4 is 5.91 Å². The van der Waals surface area contributed by atoms with Gasteiger partial charge in [0.15, 0.2) is 11.5 Å². The van der Waals surface area contributed by atoms with Crippen molar-refractivity contribution in [3.05, 3.63) is 53.1 Å². The van der Waals surface area contributed by atoms with Gasteiger partial charge in [-0.1, -0.05) is 25.1 Å². The molecule has 0 heterocycles. The molecule has 0 aliphatic heterocycles. The standard InChI is InChI=1S/C21H27NO4/c1-6-17(16-8-10-18(24-3)14(2)11-16)22-21(23)13-15-7-9-19(25-4)20(12-15)26-5/h7-12,17H,6,13H2,1-5H3,(H,22,23)/t17-/m1/s1. The quantitative estimate of drug-likeness (QED) is 0.780. The Hall–Kier alpha value is -2.69. The average Bonchev–Trinajstić information content (AvgIpc) is 2.65. The number of rotatable bonds is 8. The summed E-state index contributed by atoms with van der Waals surface area (Å²) in [6.45, 7) is 4.06. The van der Waals surface area contributed by atoms with Crippen LogP contribution in [0.1, 0.15) is 36.1 Å². The molecule has 1 atom stereocenters. The fourth-order valence-corrected chi connectivity index (χ4v) is 2.96. The van der Waals surface area contributed by atoms with Crippen molar-refractivity contribution in [1.82, 2.24) is 5.32 Å². The van der Waals surface area contributed by atoms with Gasteiger partial charge in [0, 0.05) is 0 Å². The first kappa shape index (κ1) is 19.6. The summed E-state index contributed by atoms with van der Waals surface area (Å²) in [4.78, 5) is 12.5. The molecule has 0 fully saturated rings. The summed E-state index contributed by atoms with van der Waals surface area (Å²) in [5, 5.41) is 3.11. The minimum Gasteiger partial charge on any atom is -0.496 e. The highest BCUT2D eigenvalue weighted by Gasteiger charge is 2.15. The van der Waals surface area contributed by atoms with E-state index < -0.39 is 0 Å². The number of hydrogen-bond acceptors (Lipinski definition) is 4. The van der Waals surface area contributed by atoms with Gasteiger partial charge >= 0.3 is 0 Å². The van der Waals surface area contributed by atoms with Crippen LogP contribution < -0.4 is 19.5 Å². The van der Waals surface area contributed by atoms with E-state index in [1.807, 2.05) is 37.3 Å². The maximum absolute atomic E-state index is 12.5. The van der Waals surface area contributed by atoms with Crippen LogP contribution in [0.2, 0.25) is 0 Å². The number of benzene rings is 2. The SMILES string of the molecule is CC[C@@H](NC(=O)Cc1ccc(OC)c(OC)c1)c1ccc(OC)c(C)c1. The number of aryl methyl sites for hydroxylation is 1. The lowest BCUT2D eigenvalue weighted by Crippen LogP contribution is -2.29. The van der Waals surface area contributed by atoms with Crippen molar-refractivity contribution < 1.29 is 19.0 Å². The number of nitrogens with one attached hydrogen (secondary N) is 1. The zero-order chi connectivity index (χ0) is 19.1. The van der Waals surface area contributed by atoms with Gasteiger partial charge in [-0.3, -0.25) is 4.79 Å². The first-order chi connectivity index (χ1) is 12.5. The van der Waals surface area contributed by atoms with E-state index in [-0.39, 0.29) is 18.4 Å². The fraction of sp³-hybridized carbons (Fsp3) is 0.381. The molecular formula is C21H27NO4. The molecule has 5 heteroatoms. The Kier molecular flexibility index (Phi) is 6.89. The van der Waals surface area contributed by atoms with Crippen LogP contribution in [0.3, 0.4) is 0 Å². The van der Waals surface area contributed by atoms with Gasteiger partial charge in [-0.15, -0.1) is 0 Å². The molecule has 0 bridgehead atoms. The molecule has 1 amide bonds. The Bertz CT molecular complexity index is 758. The van der Waals surface area contributed by atoms with E-state index in [4.69, 9.17) is 14.2 Å². The minimum atomic E-state index is -0.0350. The molecule has 2 aromatic rings. The number of methoxy groups -OCH3 is 3. The Morgan fingerprint density at radius 1 is 0.962 bits per heavy atom. The lowest BCUT2D eigenvalue weighted by Gasteiger charge is -2.19. The largest absolute Gasteiger partial charge is 0.496 e. The van der Waals surface area contributed by atoms with Crippen molar-refractivity contribution in [3.63, 3.8) is 0 Å². The van der Waals surface area contributed by atoms with Crippen LogP contribution in [0.15, 0.2) is 36.4 Å². The molecule has 5 nitrogen and oxygen atoms in total. The molecule has 0 saturated heterocycles. The van der Waals surface area contributed by atoms with E-state index in [0.29, 0.717) is 11.5 Å². The van der Waals surface area contributed by atoms with Crippen LogP contribution in [-0.4, -0.2) is 27.2 Å². The first-order valence-electron chi connectivity index (χ1n) is 8.67. The number of ether oxygens (including phenoxy) is 3. The third-order valence-corrected chi connectivity index (χ3v) is 4.38. The summed E-state index contributed by atoms with van der Waals surface area (Å²) in [7, 11) is 4.83. The zero-order valence-electron chi connectivity index (χ0n) is 16.1. The molecule has 0 aromatic heterocycles. The van der Waals surface area contributed by atoms with Gasteiger partial charge in [-0.25, -0.2) is 0 Å². The highest BCUT2D eigenvalue weighted by Crippen LogP contribution is 2.28. The molecule has 26 heavy (non-hydrogen) atoms. The van der Waals surface area contributed by atoms with Crippen molar-refractivity contribution in [2.24, 2.45) is 0 Å². The molecule has 0 radical (unpaired) electrons. The van der Waals surface area contributed by atoms with E-state index >= 15 is 0 Å². The molecule has 0 aliphatic rings. The maximum Gasteiger partial charge on any atom is 0.224 e. The van der Waals surface area contributed by atoms with Gasteiger partial charge in [-0.2, -0.15) is 0 Å². The predicted octanol–water partition coefficient (Wildman–Crippen LogP) is 3.83. The smallest absolute Gasteiger partial charge is 0.224 e. The van der Waals surface area contributed by atoms with Gasteiger partial charge in [0.1, 0.15) is 5.75 Å².